The van der Waals surface area contributed by atoms with Crippen LogP contribution in [0.1, 0.15) is 19.3 Å². The van der Waals surface area contributed by atoms with Crippen molar-refractivity contribution >= 4 is 30.4 Å². The van der Waals surface area contributed by atoms with E-state index in [2.05, 4.69) is 29.1 Å². The monoisotopic (exact) mass is 399 g/mol. The molecule has 148 valence electrons. The molecule has 0 amide bonds. The Morgan fingerprint density at radius 3 is 2.61 bits per heavy atom. The van der Waals surface area contributed by atoms with E-state index < -0.39 is 5.41 Å². The smallest absolute Gasteiger partial charge is 0.123 e. The Labute approximate surface area is 170 Å². The van der Waals surface area contributed by atoms with Crippen molar-refractivity contribution in [3.63, 3.8) is 0 Å². The van der Waals surface area contributed by atoms with Crippen LogP contribution in [0.15, 0.2) is 77.1 Å². The summed E-state index contributed by atoms with van der Waals surface area (Å²) in [6.07, 6.45) is 9.96. The van der Waals surface area contributed by atoms with E-state index in [4.69, 9.17) is 16.9 Å². The van der Waals surface area contributed by atoms with Gasteiger partial charge in [0.2, 0.25) is 0 Å². The average Bonchev–Trinajstić information content (AvgIpc) is 2.73. The number of halogens is 1. The average molecular weight is 400 g/mol. The predicted octanol–water partition coefficient (Wildman–Crippen LogP) is 3.95. The van der Waals surface area contributed by atoms with Gasteiger partial charge in [-0.3, -0.25) is 4.72 Å². The molecule has 1 aromatic carbocycles. The fourth-order valence-electron chi connectivity index (χ4n) is 3.33. The molecule has 0 heterocycles. The van der Waals surface area contributed by atoms with E-state index in [9.17, 15) is 4.39 Å². The number of nitrogens with two attached hydrogens (primary N) is 2. The van der Waals surface area contributed by atoms with Crippen molar-refractivity contribution < 1.29 is 4.39 Å². The standard InChI is InChI=1S/C21H26FN5S/c1-2-21(10-15(12-23)13-24)11-16(14-25)20(9-17(21)7-8-26-28)27-19-5-3-18(22)4-6-19/h2-6,9,12-14,23,26,28H,1,7-8,10-11,24-25H2/b15-13-,16-14?,23-12?,27-20?. The van der Waals surface area contributed by atoms with Gasteiger partial charge in [-0.25, -0.2) is 9.38 Å². The number of hydrogen-bond acceptors (Lipinski definition) is 6. The molecule has 0 aromatic heterocycles. The molecule has 1 atom stereocenters. The first-order valence-electron chi connectivity index (χ1n) is 8.90. The van der Waals surface area contributed by atoms with Crippen molar-refractivity contribution in [1.29, 1.82) is 5.41 Å². The van der Waals surface area contributed by atoms with Gasteiger partial charge in [-0.15, -0.1) is 6.58 Å². The first-order chi connectivity index (χ1) is 13.5. The van der Waals surface area contributed by atoms with Gasteiger partial charge in [0.05, 0.1) is 11.4 Å². The fourth-order valence-corrected chi connectivity index (χ4v) is 3.45. The van der Waals surface area contributed by atoms with Crippen molar-refractivity contribution in [1.82, 2.24) is 4.72 Å². The Bertz CT molecular complexity index is 839. The Balaban J connectivity index is 2.56. The summed E-state index contributed by atoms with van der Waals surface area (Å²) in [7, 11) is 0. The molecule has 6 N–H and O–H groups in total. The summed E-state index contributed by atoms with van der Waals surface area (Å²) < 4.78 is 16.1. The molecule has 7 heteroatoms. The van der Waals surface area contributed by atoms with E-state index in [1.165, 1.54) is 24.5 Å². The van der Waals surface area contributed by atoms with Gasteiger partial charge in [0, 0.05) is 18.2 Å². The van der Waals surface area contributed by atoms with E-state index in [0.29, 0.717) is 37.1 Å². The van der Waals surface area contributed by atoms with Crippen LogP contribution in [0, 0.1) is 16.6 Å². The normalized spacial score (nSPS) is 22.9. The maximum absolute atomic E-state index is 13.2. The second-order valence-electron chi connectivity index (χ2n) is 6.59. The predicted molar refractivity (Wildman–Crippen MR) is 118 cm³/mol. The van der Waals surface area contributed by atoms with Crippen LogP contribution in [0.3, 0.4) is 0 Å². The molecule has 1 aliphatic carbocycles. The molecule has 28 heavy (non-hydrogen) atoms. The summed E-state index contributed by atoms with van der Waals surface area (Å²) in [4.78, 5) is 4.66. The molecular weight excluding hydrogens is 373 g/mol. The number of hydrogen-bond donors (Lipinski definition) is 5. The third kappa shape index (κ3) is 4.99. The second kappa shape index (κ2) is 10.1. The minimum absolute atomic E-state index is 0.309. The maximum Gasteiger partial charge on any atom is 0.123 e. The first kappa shape index (κ1) is 21.7. The molecule has 0 saturated carbocycles. The Hall–Kier alpha value is -2.64. The number of benzene rings is 1. The second-order valence-corrected chi connectivity index (χ2v) is 6.91. The highest BCUT2D eigenvalue weighted by Gasteiger charge is 2.37. The number of nitrogens with zero attached hydrogens (tertiary/aromatic N) is 1. The van der Waals surface area contributed by atoms with Gasteiger partial charge in [0.15, 0.2) is 0 Å². The SMILES string of the molecule is C=CC1(C/C(C=N)=C/N)CC(=CN)C(=Nc2ccc(F)cc2)C=C1CCNS. The molecule has 1 aromatic rings. The maximum atomic E-state index is 13.2. The highest BCUT2D eigenvalue weighted by Crippen LogP contribution is 2.46. The molecular formula is C21H26FN5S. The largest absolute Gasteiger partial charge is 0.404 e. The minimum Gasteiger partial charge on any atom is -0.404 e. The fraction of sp³-hybridized carbons (Fsp3) is 0.238. The summed E-state index contributed by atoms with van der Waals surface area (Å²) in [6, 6.07) is 6.00. The molecule has 0 aliphatic heterocycles. The van der Waals surface area contributed by atoms with E-state index >= 15 is 0 Å². The third-order valence-electron chi connectivity index (χ3n) is 4.88. The number of allylic oxidation sites excluding steroid dienone is 4. The molecule has 0 radical (unpaired) electrons. The van der Waals surface area contributed by atoms with Crippen LogP contribution in [0.25, 0.3) is 0 Å². The lowest BCUT2D eigenvalue weighted by molar-refractivity contribution is 0.440. The Kier molecular flexibility index (Phi) is 7.78. The van der Waals surface area contributed by atoms with Gasteiger partial charge in [-0.2, -0.15) is 0 Å². The van der Waals surface area contributed by atoms with Crippen LogP contribution in [0.5, 0.6) is 0 Å². The summed E-state index contributed by atoms with van der Waals surface area (Å²) >= 11 is 4.09. The van der Waals surface area contributed by atoms with E-state index in [1.54, 1.807) is 18.3 Å². The van der Waals surface area contributed by atoms with Crippen LogP contribution in [-0.4, -0.2) is 18.5 Å². The zero-order chi connectivity index (χ0) is 20.6. The van der Waals surface area contributed by atoms with Crippen LogP contribution in [0.4, 0.5) is 10.1 Å². The van der Waals surface area contributed by atoms with Crippen molar-refractivity contribution in [3.8, 4) is 0 Å². The van der Waals surface area contributed by atoms with Crippen LogP contribution in [0.2, 0.25) is 0 Å². The number of rotatable bonds is 8. The quantitative estimate of drug-likeness (QED) is 0.260. The van der Waals surface area contributed by atoms with Crippen LogP contribution >= 0.6 is 12.8 Å². The summed E-state index contributed by atoms with van der Waals surface area (Å²) in [5.41, 5.74) is 15.2. The van der Waals surface area contributed by atoms with Gasteiger partial charge in [0.1, 0.15) is 5.82 Å². The molecule has 1 unspecified atom stereocenters. The summed E-state index contributed by atoms with van der Waals surface area (Å²) in [5.74, 6) is -0.309. The van der Waals surface area contributed by atoms with Crippen LogP contribution in [-0.2, 0) is 0 Å². The minimum atomic E-state index is -0.430. The number of thiol groups is 1. The van der Waals surface area contributed by atoms with E-state index in [0.717, 1.165) is 16.9 Å². The van der Waals surface area contributed by atoms with Gasteiger partial charge < -0.3 is 16.9 Å². The van der Waals surface area contributed by atoms with Crippen LogP contribution < -0.4 is 16.2 Å². The Morgan fingerprint density at radius 1 is 1.36 bits per heavy atom. The number of nitrogens with one attached hydrogen (secondary N) is 2. The molecule has 0 spiro atoms. The Morgan fingerprint density at radius 2 is 2.07 bits per heavy atom. The van der Waals surface area contributed by atoms with Gasteiger partial charge >= 0.3 is 0 Å². The summed E-state index contributed by atoms with van der Waals surface area (Å²) in [5, 5.41) is 7.60. The lowest BCUT2D eigenvalue weighted by Crippen LogP contribution is -2.31. The van der Waals surface area contributed by atoms with Gasteiger partial charge in [-0.1, -0.05) is 24.5 Å². The van der Waals surface area contributed by atoms with Crippen molar-refractivity contribution in [2.24, 2.45) is 21.9 Å². The topological polar surface area (TPSA) is 100 Å². The highest BCUT2D eigenvalue weighted by atomic mass is 32.1. The number of aliphatic imine (C=N–C) groups is 1. The van der Waals surface area contributed by atoms with Crippen molar-refractivity contribution in [3.05, 3.63) is 77.9 Å². The molecule has 1 aliphatic rings. The first-order valence-corrected chi connectivity index (χ1v) is 9.35. The summed E-state index contributed by atoms with van der Waals surface area (Å²) in [6.45, 7) is 4.71. The van der Waals surface area contributed by atoms with Crippen molar-refractivity contribution in [2.45, 2.75) is 19.3 Å². The molecule has 0 saturated heterocycles. The molecule has 2 rings (SSSR count). The van der Waals surface area contributed by atoms with E-state index in [-0.39, 0.29) is 5.82 Å². The van der Waals surface area contributed by atoms with E-state index in [1.807, 2.05) is 12.2 Å². The lowest BCUT2D eigenvalue weighted by atomic mass is 9.66. The molecule has 0 bridgehead atoms. The van der Waals surface area contributed by atoms with Gasteiger partial charge in [0.25, 0.3) is 0 Å². The zero-order valence-corrected chi connectivity index (χ0v) is 16.6. The molecule has 0 fully saturated rings. The third-order valence-corrected chi connectivity index (χ3v) is 5.10. The van der Waals surface area contributed by atoms with Gasteiger partial charge in [-0.05, 0) is 73.2 Å². The highest BCUT2D eigenvalue weighted by molar-refractivity contribution is 7.78. The lowest BCUT2D eigenvalue weighted by Gasteiger charge is -2.38. The van der Waals surface area contributed by atoms with Crippen molar-refractivity contribution in [2.75, 3.05) is 6.54 Å². The molecule has 5 nitrogen and oxygen atoms in total. The zero-order valence-electron chi connectivity index (χ0n) is 15.7.